The van der Waals surface area contributed by atoms with Gasteiger partial charge in [-0.1, -0.05) is 71.6 Å². The summed E-state index contributed by atoms with van der Waals surface area (Å²) < 4.78 is 1.22. The van der Waals surface area contributed by atoms with Crippen LogP contribution in [0.25, 0.3) is 0 Å². The Hall–Kier alpha value is -0.0400. The van der Waals surface area contributed by atoms with Crippen molar-refractivity contribution >= 4 is 0 Å². The smallest absolute Gasteiger partial charge is 0.0857 e. The highest BCUT2D eigenvalue weighted by molar-refractivity contribution is 4.54. The number of quaternary nitrogens is 1. The first-order chi connectivity index (χ1) is 10.0. The molecule has 128 valence electrons. The lowest BCUT2D eigenvalue weighted by molar-refractivity contribution is -0.913. The molecule has 1 nitrogen and oxygen atoms in total. The minimum Gasteiger partial charge on any atom is -0.326 e. The van der Waals surface area contributed by atoms with Crippen molar-refractivity contribution in [3.05, 3.63) is 0 Å². The van der Waals surface area contributed by atoms with Gasteiger partial charge in [-0.2, -0.15) is 0 Å². The molecule has 0 saturated heterocycles. The standard InChI is InChI=1S/C20H44N/c1-6-8-10-12-14-16-18-20(3)21(4,5)19-17-15-13-11-9-7-2/h20H,6-19H2,1-5H3/q+1. The summed E-state index contributed by atoms with van der Waals surface area (Å²) in [4.78, 5) is 0. The molecule has 0 aromatic carbocycles. The van der Waals surface area contributed by atoms with E-state index in [0.717, 1.165) is 6.04 Å². The summed E-state index contributed by atoms with van der Waals surface area (Å²) >= 11 is 0. The number of nitrogens with zero attached hydrogens (tertiary/aromatic N) is 1. The summed E-state index contributed by atoms with van der Waals surface area (Å²) in [7, 11) is 4.88. The highest BCUT2D eigenvalue weighted by atomic mass is 15.3. The van der Waals surface area contributed by atoms with Crippen molar-refractivity contribution in [2.45, 2.75) is 110 Å². The Morgan fingerprint density at radius 2 is 1.05 bits per heavy atom. The van der Waals surface area contributed by atoms with Gasteiger partial charge in [-0.05, 0) is 32.6 Å². The van der Waals surface area contributed by atoms with Crippen LogP contribution in [-0.2, 0) is 0 Å². The molecule has 0 spiro atoms. The van der Waals surface area contributed by atoms with Crippen LogP contribution in [0.1, 0.15) is 104 Å². The molecule has 0 aromatic heterocycles. The molecule has 0 bridgehead atoms. The molecule has 0 saturated carbocycles. The maximum atomic E-state index is 2.46. The molecule has 0 N–H and O–H groups in total. The monoisotopic (exact) mass is 298 g/mol. The predicted octanol–water partition coefficient (Wildman–Crippen LogP) is 6.56. The van der Waals surface area contributed by atoms with Gasteiger partial charge in [0.25, 0.3) is 0 Å². The lowest BCUT2D eigenvalue weighted by atomic mass is 10.0. The second-order valence-corrected chi connectivity index (χ2v) is 7.68. The molecular weight excluding hydrogens is 254 g/mol. The lowest BCUT2D eigenvalue weighted by Gasteiger charge is -2.36. The molecule has 0 rings (SSSR count). The van der Waals surface area contributed by atoms with Crippen molar-refractivity contribution in [2.75, 3.05) is 20.6 Å². The van der Waals surface area contributed by atoms with Crippen molar-refractivity contribution in [1.29, 1.82) is 0 Å². The third kappa shape index (κ3) is 12.2. The topological polar surface area (TPSA) is 0 Å². The van der Waals surface area contributed by atoms with E-state index in [2.05, 4.69) is 34.9 Å². The second kappa shape index (κ2) is 13.6. The Morgan fingerprint density at radius 3 is 1.57 bits per heavy atom. The quantitative estimate of drug-likeness (QED) is 0.237. The predicted molar refractivity (Wildman–Crippen MR) is 97.8 cm³/mol. The first kappa shape index (κ1) is 21.0. The average Bonchev–Trinajstić information content (AvgIpc) is 2.46. The molecule has 0 aliphatic rings. The van der Waals surface area contributed by atoms with E-state index < -0.39 is 0 Å². The van der Waals surface area contributed by atoms with Gasteiger partial charge in [0.05, 0.1) is 26.7 Å². The van der Waals surface area contributed by atoms with Gasteiger partial charge < -0.3 is 4.48 Å². The van der Waals surface area contributed by atoms with Crippen LogP contribution in [0.2, 0.25) is 0 Å². The molecular formula is C20H44N+. The molecule has 0 amide bonds. The fraction of sp³-hybridized carbons (Fsp3) is 1.00. The largest absolute Gasteiger partial charge is 0.326 e. The van der Waals surface area contributed by atoms with E-state index in [-0.39, 0.29) is 0 Å². The van der Waals surface area contributed by atoms with Crippen LogP contribution in [0.4, 0.5) is 0 Å². The summed E-state index contributed by atoms with van der Waals surface area (Å²) in [6, 6.07) is 0.826. The first-order valence-corrected chi connectivity index (χ1v) is 9.87. The van der Waals surface area contributed by atoms with Crippen LogP contribution in [0, 0.1) is 0 Å². The van der Waals surface area contributed by atoms with Gasteiger partial charge in [-0.3, -0.25) is 0 Å². The molecule has 0 aliphatic carbocycles. The van der Waals surface area contributed by atoms with Gasteiger partial charge in [0.1, 0.15) is 0 Å². The van der Waals surface area contributed by atoms with Gasteiger partial charge in [0, 0.05) is 0 Å². The van der Waals surface area contributed by atoms with Crippen molar-refractivity contribution in [3.63, 3.8) is 0 Å². The van der Waals surface area contributed by atoms with Crippen LogP contribution < -0.4 is 0 Å². The van der Waals surface area contributed by atoms with Crippen LogP contribution in [-0.4, -0.2) is 31.2 Å². The van der Waals surface area contributed by atoms with Crippen LogP contribution in [0.3, 0.4) is 0 Å². The van der Waals surface area contributed by atoms with E-state index in [1.807, 2.05) is 0 Å². The van der Waals surface area contributed by atoms with Gasteiger partial charge in [0.15, 0.2) is 0 Å². The van der Waals surface area contributed by atoms with E-state index in [4.69, 9.17) is 0 Å². The van der Waals surface area contributed by atoms with Crippen LogP contribution >= 0.6 is 0 Å². The summed E-state index contributed by atoms with van der Waals surface area (Å²) in [5.74, 6) is 0. The van der Waals surface area contributed by atoms with E-state index in [0.29, 0.717) is 0 Å². The number of hydrogen-bond donors (Lipinski definition) is 0. The normalized spacial score (nSPS) is 13.6. The molecule has 1 heteroatoms. The summed E-state index contributed by atoms with van der Waals surface area (Å²) in [5, 5.41) is 0. The fourth-order valence-electron chi connectivity index (χ4n) is 3.09. The number of unbranched alkanes of at least 4 members (excludes halogenated alkanes) is 10. The van der Waals surface area contributed by atoms with Gasteiger partial charge in [-0.15, -0.1) is 0 Å². The first-order valence-electron chi connectivity index (χ1n) is 9.87. The molecule has 0 heterocycles. The number of rotatable bonds is 15. The average molecular weight is 299 g/mol. The molecule has 0 radical (unpaired) electrons. The Bertz CT molecular complexity index is 210. The molecule has 0 fully saturated rings. The molecule has 21 heavy (non-hydrogen) atoms. The van der Waals surface area contributed by atoms with Crippen molar-refractivity contribution < 1.29 is 4.48 Å². The lowest BCUT2D eigenvalue weighted by Crippen LogP contribution is -2.47. The minimum absolute atomic E-state index is 0.826. The third-order valence-electron chi connectivity index (χ3n) is 5.26. The Labute approximate surface area is 136 Å². The zero-order valence-corrected chi connectivity index (χ0v) is 15.9. The van der Waals surface area contributed by atoms with Gasteiger partial charge >= 0.3 is 0 Å². The SMILES string of the molecule is CCCCCCCCC(C)[N+](C)(C)CCCCCCCC. The zero-order valence-electron chi connectivity index (χ0n) is 15.9. The zero-order chi connectivity index (χ0) is 16.0. The Balaban J connectivity index is 3.61. The van der Waals surface area contributed by atoms with E-state index in [1.165, 1.54) is 94.5 Å². The van der Waals surface area contributed by atoms with E-state index in [1.54, 1.807) is 0 Å². The maximum Gasteiger partial charge on any atom is 0.0857 e. The summed E-state index contributed by atoms with van der Waals surface area (Å²) in [6.45, 7) is 8.42. The summed E-state index contributed by atoms with van der Waals surface area (Å²) in [5.41, 5.74) is 0. The fourth-order valence-corrected chi connectivity index (χ4v) is 3.09. The van der Waals surface area contributed by atoms with Crippen molar-refractivity contribution in [3.8, 4) is 0 Å². The highest BCUT2D eigenvalue weighted by Gasteiger charge is 2.22. The summed E-state index contributed by atoms with van der Waals surface area (Å²) in [6.07, 6.45) is 18.5. The molecule has 1 atom stereocenters. The van der Waals surface area contributed by atoms with Crippen LogP contribution in [0.5, 0.6) is 0 Å². The van der Waals surface area contributed by atoms with Crippen molar-refractivity contribution in [1.82, 2.24) is 0 Å². The Morgan fingerprint density at radius 1 is 0.619 bits per heavy atom. The van der Waals surface area contributed by atoms with E-state index >= 15 is 0 Å². The van der Waals surface area contributed by atoms with Crippen LogP contribution in [0.15, 0.2) is 0 Å². The number of hydrogen-bond acceptors (Lipinski definition) is 0. The van der Waals surface area contributed by atoms with E-state index in [9.17, 15) is 0 Å². The van der Waals surface area contributed by atoms with Gasteiger partial charge in [-0.25, -0.2) is 0 Å². The Kier molecular flexibility index (Phi) is 13.6. The maximum absolute atomic E-state index is 2.46. The van der Waals surface area contributed by atoms with Gasteiger partial charge in [0.2, 0.25) is 0 Å². The third-order valence-corrected chi connectivity index (χ3v) is 5.26. The van der Waals surface area contributed by atoms with Crippen molar-refractivity contribution in [2.24, 2.45) is 0 Å². The molecule has 0 aliphatic heterocycles. The second-order valence-electron chi connectivity index (χ2n) is 7.68. The minimum atomic E-state index is 0.826. The highest BCUT2D eigenvalue weighted by Crippen LogP contribution is 2.17. The molecule has 1 unspecified atom stereocenters. The molecule has 0 aromatic rings.